The van der Waals surface area contributed by atoms with Gasteiger partial charge in [0, 0.05) is 38.4 Å². The summed E-state index contributed by atoms with van der Waals surface area (Å²) in [7, 11) is -3.06. The Balaban J connectivity index is 2.02. The first-order valence-electron chi connectivity index (χ1n) is 7.42. The lowest BCUT2D eigenvalue weighted by molar-refractivity contribution is 0.388. The molecule has 0 aliphatic carbocycles. The standard InChI is InChI=1S/C15H25N3O2S/c1-4-16-12-14-5-6-15(11-13(14)2)17-7-9-18(10-8-17)21(3,19)20/h5-6,11,16H,4,7-10,12H2,1-3H3. The predicted octanol–water partition coefficient (Wildman–Crippen LogP) is 1.19. The Kier molecular flexibility index (Phi) is 5.24. The van der Waals surface area contributed by atoms with Gasteiger partial charge in [0.25, 0.3) is 0 Å². The highest BCUT2D eigenvalue weighted by atomic mass is 32.2. The highest BCUT2D eigenvalue weighted by Crippen LogP contribution is 2.21. The monoisotopic (exact) mass is 311 g/mol. The van der Waals surface area contributed by atoms with E-state index < -0.39 is 10.0 Å². The summed E-state index contributed by atoms with van der Waals surface area (Å²) in [5.74, 6) is 0. The minimum absolute atomic E-state index is 0.566. The maximum atomic E-state index is 11.5. The fourth-order valence-electron chi connectivity index (χ4n) is 2.61. The maximum absolute atomic E-state index is 11.5. The van der Waals surface area contributed by atoms with Gasteiger partial charge in [-0.3, -0.25) is 0 Å². The van der Waals surface area contributed by atoms with Crippen LogP contribution >= 0.6 is 0 Å². The number of aryl methyl sites for hydroxylation is 1. The molecule has 0 spiro atoms. The Hall–Kier alpha value is -1.11. The summed E-state index contributed by atoms with van der Waals surface area (Å²) >= 11 is 0. The quantitative estimate of drug-likeness (QED) is 0.887. The van der Waals surface area contributed by atoms with E-state index in [0.29, 0.717) is 13.1 Å². The summed E-state index contributed by atoms with van der Waals surface area (Å²) in [6.07, 6.45) is 1.28. The molecule has 21 heavy (non-hydrogen) atoms. The van der Waals surface area contributed by atoms with Gasteiger partial charge in [0.05, 0.1) is 6.26 Å². The van der Waals surface area contributed by atoms with Crippen molar-refractivity contribution in [2.45, 2.75) is 20.4 Å². The van der Waals surface area contributed by atoms with Crippen molar-refractivity contribution in [3.8, 4) is 0 Å². The summed E-state index contributed by atoms with van der Waals surface area (Å²) in [4.78, 5) is 2.26. The molecule has 6 heteroatoms. The normalized spacial score (nSPS) is 17.2. The number of hydrogen-bond donors (Lipinski definition) is 1. The van der Waals surface area contributed by atoms with Crippen LogP contribution in [0, 0.1) is 6.92 Å². The second kappa shape index (κ2) is 6.77. The second-order valence-electron chi connectivity index (χ2n) is 5.54. The van der Waals surface area contributed by atoms with E-state index in [0.717, 1.165) is 26.2 Å². The van der Waals surface area contributed by atoms with E-state index in [1.807, 2.05) is 0 Å². The van der Waals surface area contributed by atoms with Crippen molar-refractivity contribution in [2.24, 2.45) is 0 Å². The first-order valence-corrected chi connectivity index (χ1v) is 9.27. The van der Waals surface area contributed by atoms with Crippen LogP contribution in [0.15, 0.2) is 18.2 Å². The Morgan fingerprint density at radius 2 is 1.86 bits per heavy atom. The van der Waals surface area contributed by atoms with Gasteiger partial charge in [-0.2, -0.15) is 4.31 Å². The highest BCUT2D eigenvalue weighted by molar-refractivity contribution is 7.88. The largest absolute Gasteiger partial charge is 0.369 e. The molecule has 5 nitrogen and oxygen atoms in total. The lowest BCUT2D eigenvalue weighted by Crippen LogP contribution is -2.48. The van der Waals surface area contributed by atoms with Crippen molar-refractivity contribution < 1.29 is 8.42 Å². The minimum Gasteiger partial charge on any atom is -0.369 e. The molecule has 1 aliphatic rings. The van der Waals surface area contributed by atoms with Crippen LogP contribution in [0.25, 0.3) is 0 Å². The third-order valence-corrected chi connectivity index (χ3v) is 5.27. The van der Waals surface area contributed by atoms with E-state index in [2.05, 4.69) is 42.3 Å². The molecule has 1 N–H and O–H groups in total. The maximum Gasteiger partial charge on any atom is 0.211 e. The van der Waals surface area contributed by atoms with Gasteiger partial charge in [0.15, 0.2) is 0 Å². The van der Waals surface area contributed by atoms with Crippen LogP contribution in [0.2, 0.25) is 0 Å². The summed E-state index contributed by atoms with van der Waals surface area (Å²) < 4.78 is 24.6. The molecular formula is C15H25N3O2S. The third-order valence-electron chi connectivity index (χ3n) is 3.96. The van der Waals surface area contributed by atoms with Crippen LogP contribution in [0.3, 0.4) is 0 Å². The molecule has 0 amide bonds. The molecule has 0 saturated carbocycles. The zero-order valence-electron chi connectivity index (χ0n) is 13.1. The van der Waals surface area contributed by atoms with Crippen molar-refractivity contribution in [1.29, 1.82) is 0 Å². The van der Waals surface area contributed by atoms with E-state index in [1.165, 1.54) is 23.1 Å². The van der Waals surface area contributed by atoms with Gasteiger partial charge in [-0.1, -0.05) is 13.0 Å². The average Bonchev–Trinajstić information content (AvgIpc) is 2.45. The summed E-state index contributed by atoms with van der Waals surface area (Å²) in [6, 6.07) is 6.49. The van der Waals surface area contributed by atoms with Crippen LogP contribution in [0.1, 0.15) is 18.1 Å². The topological polar surface area (TPSA) is 52.6 Å². The zero-order valence-corrected chi connectivity index (χ0v) is 13.9. The van der Waals surface area contributed by atoms with E-state index in [1.54, 1.807) is 4.31 Å². The van der Waals surface area contributed by atoms with Gasteiger partial charge in [-0.25, -0.2) is 8.42 Å². The number of piperazine rings is 1. The smallest absolute Gasteiger partial charge is 0.211 e. The van der Waals surface area contributed by atoms with Crippen molar-refractivity contribution in [2.75, 3.05) is 43.9 Å². The predicted molar refractivity (Wildman–Crippen MR) is 87.2 cm³/mol. The number of sulfonamides is 1. The molecule has 1 saturated heterocycles. The number of rotatable bonds is 5. The molecule has 118 valence electrons. The Labute approximate surface area is 128 Å². The highest BCUT2D eigenvalue weighted by Gasteiger charge is 2.23. The van der Waals surface area contributed by atoms with Crippen molar-refractivity contribution >= 4 is 15.7 Å². The van der Waals surface area contributed by atoms with E-state index in [9.17, 15) is 8.42 Å². The first kappa shape index (κ1) is 16.3. The van der Waals surface area contributed by atoms with Gasteiger partial charge in [0.2, 0.25) is 10.0 Å². The molecule has 0 atom stereocenters. The van der Waals surface area contributed by atoms with E-state index in [4.69, 9.17) is 0 Å². The average molecular weight is 311 g/mol. The number of anilines is 1. The molecule has 1 aromatic carbocycles. The number of nitrogens with zero attached hydrogens (tertiary/aromatic N) is 2. The van der Waals surface area contributed by atoms with Crippen LogP contribution in [-0.2, 0) is 16.6 Å². The summed E-state index contributed by atoms with van der Waals surface area (Å²) in [5.41, 5.74) is 3.77. The molecule has 1 aromatic rings. The summed E-state index contributed by atoms with van der Waals surface area (Å²) in [6.45, 7) is 8.72. The van der Waals surface area contributed by atoms with Gasteiger partial charge < -0.3 is 10.2 Å². The molecule has 0 unspecified atom stereocenters. The Morgan fingerprint density at radius 1 is 1.19 bits per heavy atom. The molecular weight excluding hydrogens is 286 g/mol. The van der Waals surface area contributed by atoms with Crippen LogP contribution in [-0.4, -0.2) is 51.7 Å². The number of nitrogens with one attached hydrogen (secondary N) is 1. The summed E-state index contributed by atoms with van der Waals surface area (Å²) in [5, 5.41) is 3.34. The van der Waals surface area contributed by atoms with E-state index in [-0.39, 0.29) is 0 Å². The molecule has 0 aromatic heterocycles. The minimum atomic E-state index is -3.06. The third kappa shape index (κ3) is 4.18. The molecule has 1 heterocycles. The SMILES string of the molecule is CCNCc1ccc(N2CCN(S(C)(=O)=O)CC2)cc1C. The number of benzene rings is 1. The molecule has 1 aliphatic heterocycles. The fourth-order valence-corrected chi connectivity index (χ4v) is 3.44. The van der Waals surface area contributed by atoms with Gasteiger partial charge in [-0.15, -0.1) is 0 Å². The van der Waals surface area contributed by atoms with Crippen LogP contribution in [0.4, 0.5) is 5.69 Å². The van der Waals surface area contributed by atoms with Gasteiger partial charge in [-0.05, 0) is 36.7 Å². The van der Waals surface area contributed by atoms with Crippen molar-refractivity contribution in [3.05, 3.63) is 29.3 Å². The number of hydrogen-bond acceptors (Lipinski definition) is 4. The van der Waals surface area contributed by atoms with Crippen molar-refractivity contribution in [1.82, 2.24) is 9.62 Å². The molecule has 2 rings (SSSR count). The second-order valence-corrected chi connectivity index (χ2v) is 7.52. The Bertz CT molecular complexity index is 579. The first-order chi connectivity index (χ1) is 9.91. The van der Waals surface area contributed by atoms with Crippen molar-refractivity contribution in [3.63, 3.8) is 0 Å². The van der Waals surface area contributed by atoms with Crippen LogP contribution < -0.4 is 10.2 Å². The molecule has 1 fully saturated rings. The van der Waals surface area contributed by atoms with E-state index >= 15 is 0 Å². The lowest BCUT2D eigenvalue weighted by Gasteiger charge is -2.35. The van der Waals surface area contributed by atoms with Gasteiger partial charge in [0.1, 0.15) is 0 Å². The molecule has 0 bridgehead atoms. The van der Waals surface area contributed by atoms with Gasteiger partial charge >= 0.3 is 0 Å². The van der Waals surface area contributed by atoms with Crippen LogP contribution in [0.5, 0.6) is 0 Å². The zero-order chi connectivity index (χ0) is 15.5. The molecule has 0 radical (unpaired) electrons. The lowest BCUT2D eigenvalue weighted by atomic mass is 10.1. The fraction of sp³-hybridized carbons (Fsp3) is 0.600. The Morgan fingerprint density at radius 3 is 2.38 bits per heavy atom.